The smallest absolute Gasteiger partial charge is 0.0535 e. The molecule has 97 valence electrons. The maximum Gasteiger partial charge on any atom is 0.0535 e. The van der Waals surface area contributed by atoms with Gasteiger partial charge in [0.1, 0.15) is 0 Å². The number of hydrogen-bond donors (Lipinski definition) is 0. The summed E-state index contributed by atoms with van der Waals surface area (Å²) in [6.07, 6.45) is 4.84. The molecule has 2 unspecified atom stereocenters. The fourth-order valence-corrected chi connectivity index (χ4v) is 3.13. The molecule has 2 atom stereocenters. The Morgan fingerprint density at radius 1 is 1.00 bits per heavy atom. The minimum absolute atomic E-state index is 0.539. The van der Waals surface area contributed by atoms with E-state index in [1.807, 2.05) is 6.07 Å². The van der Waals surface area contributed by atoms with E-state index in [9.17, 15) is 0 Å². The van der Waals surface area contributed by atoms with Crippen molar-refractivity contribution in [3.8, 4) is 0 Å². The van der Waals surface area contributed by atoms with Gasteiger partial charge in [-0.15, -0.1) is 0 Å². The molecule has 1 aromatic carbocycles. The molecule has 0 saturated carbocycles. The van der Waals surface area contributed by atoms with E-state index in [1.165, 1.54) is 36.8 Å². The lowest BCUT2D eigenvalue weighted by Crippen LogP contribution is -2.21. The third-order valence-electron chi connectivity index (χ3n) is 4.09. The highest BCUT2D eigenvalue weighted by Gasteiger charge is 2.24. The molecule has 0 aliphatic carbocycles. The van der Waals surface area contributed by atoms with E-state index in [0.717, 1.165) is 26.4 Å². The molecule has 3 rings (SSSR count). The van der Waals surface area contributed by atoms with Gasteiger partial charge in [0, 0.05) is 25.0 Å². The highest BCUT2D eigenvalue weighted by Crippen LogP contribution is 2.34. The molecule has 2 heterocycles. The van der Waals surface area contributed by atoms with Crippen LogP contribution in [-0.2, 0) is 9.47 Å². The van der Waals surface area contributed by atoms with E-state index in [2.05, 4.69) is 18.2 Å². The number of ether oxygens (including phenoxy) is 2. The van der Waals surface area contributed by atoms with Gasteiger partial charge in [0.05, 0.1) is 13.2 Å². The molecule has 2 saturated heterocycles. The molecule has 2 heteroatoms. The van der Waals surface area contributed by atoms with Gasteiger partial charge in [-0.2, -0.15) is 0 Å². The van der Waals surface area contributed by atoms with Gasteiger partial charge in [-0.05, 0) is 42.9 Å². The van der Waals surface area contributed by atoms with Crippen LogP contribution < -0.4 is 0 Å². The van der Waals surface area contributed by atoms with Crippen LogP contribution in [0.25, 0.3) is 0 Å². The first-order valence-electron chi connectivity index (χ1n) is 7.11. The number of hydrogen-bond acceptors (Lipinski definition) is 2. The van der Waals surface area contributed by atoms with Crippen molar-refractivity contribution in [1.29, 1.82) is 0 Å². The normalized spacial score (nSPS) is 29.1. The largest absolute Gasteiger partial charge is 0.381 e. The fraction of sp³-hybridized carbons (Fsp3) is 0.625. The SMILES string of the molecule is [c]1cccc(C2CCCOC2)c1C1CCCOC1. The Morgan fingerprint density at radius 3 is 2.39 bits per heavy atom. The van der Waals surface area contributed by atoms with Gasteiger partial charge in [0.25, 0.3) is 0 Å². The van der Waals surface area contributed by atoms with Gasteiger partial charge in [-0.1, -0.05) is 18.2 Å². The van der Waals surface area contributed by atoms with Crippen LogP contribution in [0.1, 0.15) is 48.6 Å². The second-order valence-corrected chi connectivity index (χ2v) is 5.37. The van der Waals surface area contributed by atoms with Crippen molar-refractivity contribution in [2.24, 2.45) is 0 Å². The van der Waals surface area contributed by atoms with Crippen LogP contribution in [0.2, 0.25) is 0 Å². The van der Waals surface area contributed by atoms with E-state index < -0.39 is 0 Å². The zero-order valence-corrected chi connectivity index (χ0v) is 10.9. The molecule has 1 aromatic rings. The van der Waals surface area contributed by atoms with E-state index in [1.54, 1.807) is 0 Å². The molecule has 0 spiro atoms. The molecule has 18 heavy (non-hydrogen) atoms. The first-order valence-corrected chi connectivity index (χ1v) is 7.11. The first kappa shape index (κ1) is 12.2. The standard InChI is InChI=1S/C16H21O2/c1-2-8-16(14-6-4-10-18-12-14)15(7-1)13-5-3-9-17-11-13/h1-2,7,13-14H,3-6,9-12H2. The van der Waals surface area contributed by atoms with E-state index in [4.69, 9.17) is 9.47 Å². The van der Waals surface area contributed by atoms with Crippen molar-refractivity contribution in [3.05, 3.63) is 35.4 Å². The minimum Gasteiger partial charge on any atom is -0.381 e. The summed E-state index contributed by atoms with van der Waals surface area (Å²) in [5, 5.41) is 0. The predicted molar refractivity (Wildman–Crippen MR) is 70.9 cm³/mol. The molecular formula is C16H21O2. The van der Waals surface area contributed by atoms with Gasteiger partial charge in [-0.25, -0.2) is 0 Å². The van der Waals surface area contributed by atoms with Crippen LogP contribution in [0.5, 0.6) is 0 Å². The fourth-order valence-electron chi connectivity index (χ4n) is 3.13. The predicted octanol–water partition coefficient (Wildman–Crippen LogP) is 3.27. The van der Waals surface area contributed by atoms with Crippen LogP contribution in [0.15, 0.2) is 18.2 Å². The summed E-state index contributed by atoms with van der Waals surface area (Å²) in [7, 11) is 0. The van der Waals surface area contributed by atoms with Crippen LogP contribution >= 0.6 is 0 Å². The Kier molecular flexibility index (Phi) is 3.96. The van der Waals surface area contributed by atoms with E-state index in [0.29, 0.717) is 11.8 Å². The van der Waals surface area contributed by atoms with Crippen molar-refractivity contribution >= 4 is 0 Å². The van der Waals surface area contributed by atoms with Crippen molar-refractivity contribution in [2.75, 3.05) is 26.4 Å². The molecule has 0 N–H and O–H groups in total. The third-order valence-corrected chi connectivity index (χ3v) is 4.09. The van der Waals surface area contributed by atoms with Crippen LogP contribution in [0.4, 0.5) is 0 Å². The zero-order chi connectivity index (χ0) is 12.2. The lowest BCUT2D eigenvalue weighted by molar-refractivity contribution is 0.0739. The van der Waals surface area contributed by atoms with Gasteiger partial charge in [0.15, 0.2) is 0 Å². The Morgan fingerprint density at radius 2 is 1.72 bits per heavy atom. The van der Waals surface area contributed by atoms with Gasteiger partial charge in [-0.3, -0.25) is 0 Å². The van der Waals surface area contributed by atoms with E-state index in [-0.39, 0.29) is 0 Å². The maximum atomic E-state index is 5.63. The lowest BCUT2D eigenvalue weighted by Gasteiger charge is -2.29. The Hall–Kier alpha value is -0.860. The van der Waals surface area contributed by atoms with Gasteiger partial charge in [0.2, 0.25) is 0 Å². The highest BCUT2D eigenvalue weighted by atomic mass is 16.5. The monoisotopic (exact) mass is 245 g/mol. The summed E-state index contributed by atoms with van der Waals surface area (Å²) in [4.78, 5) is 0. The van der Waals surface area contributed by atoms with Crippen molar-refractivity contribution in [2.45, 2.75) is 37.5 Å². The Labute approximate surface area is 109 Å². The summed E-state index contributed by atoms with van der Waals surface area (Å²) in [6, 6.07) is 9.88. The highest BCUT2D eigenvalue weighted by molar-refractivity contribution is 5.33. The quantitative estimate of drug-likeness (QED) is 0.796. The Bertz CT molecular complexity index is 339. The zero-order valence-electron chi connectivity index (χ0n) is 10.9. The third kappa shape index (κ3) is 2.60. The molecule has 0 amide bonds. The molecule has 2 aliphatic heterocycles. The van der Waals surface area contributed by atoms with Crippen molar-refractivity contribution < 1.29 is 9.47 Å². The summed E-state index contributed by atoms with van der Waals surface area (Å²) >= 11 is 0. The summed E-state index contributed by atoms with van der Waals surface area (Å²) in [6.45, 7) is 3.58. The van der Waals surface area contributed by atoms with Crippen molar-refractivity contribution in [3.63, 3.8) is 0 Å². The Balaban J connectivity index is 1.83. The average molecular weight is 245 g/mol. The molecule has 0 bridgehead atoms. The molecule has 2 aliphatic rings. The summed E-state index contributed by atoms with van der Waals surface area (Å²) in [5.74, 6) is 1.10. The number of benzene rings is 1. The van der Waals surface area contributed by atoms with E-state index >= 15 is 0 Å². The van der Waals surface area contributed by atoms with Gasteiger partial charge >= 0.3 is 0 Å². The molecule has 1 radical (unpaired) electrons. The summed E-state index contributed by atoms with van der Waals surface area (Å²) in [5.41, 5.74) is 2.83. The molecule has 2 fully saturated rings. The second-order valence-electron chi connectivity index (χ2n) is 5.37. The molecule has 2 nitrogen and oxygen atoms in total. The molecule has 0 aromatic heterocycles. The van der Waals surface area contributed by atoms with Crippen LogP contribution in [0.3, 0.4) is 0 Å². The van der Waals surface area contributed by atoms with Crippen molar-refractivity contribution in [1.82, 2.24) is 0 Å². The topological polar surface area (TPSA) is 18.5 Å². The lowest BCUT2D eigenvalue weighted by atomic mass is 9.83. The number of rotatable bonds is 2. The van der Waals surface area contributed by atoms with Crippen LogP contribution in [-0.4, -0.2) is 26.4 Å². The average Bonchev–Trinajstić information content (AvgIpc) is 2.49. The second kappa shape index (κ2) is 5.85. The maximum absolute atomic E-state index is 5.63. The first-order chi connectivity index (χ1) is 8.95. The summed E-state index contributed by atoms with van der Waals surface area (Å²) < 4.78 is 11.3. The molecular weight excluding hydrogens is 224 g/mol. The minimum atomic E-state index is 0.539. The van der Waals surface area contributed by atoms with Gasteiger partial charge < -0.3 is 9.47 Å². The van der Waals surface area contributed by atoms with Crippen LogP contribution in [0, 0.1) is 6.07 Å².